The fraction of sp³-hybridized carbons (Fsp3) is 0.421. The summed E-state index contributed by atoms with van der Waals surface area (Å²) in [6, 6.07) is 7.00. The Morgan fingerprint density at radius 2 is 2.19 bits per heavy atom. The fourth-order valence-corrected chi connectivity index (χ4v) is 3.74. The van der Waals surface area contributed by atoms with Gasteiger partial charge < -0.3 is 19.4 Å². The molecule has 4 heterocycles. The number of furan rings is 1. The summed E-state index contributed by atoms with van der Waals surface area (Å²) in [6.45, 7) is 2.76. The van der Waals surface area contributed by atoms with Crippen molar-refractivity contribution < 1.29 is 18.7 Å². The zero-order chi connectivity index (χ0) is 18.1. The third kappa shape index (κ3) is 3.22. The molecule has 2 fully saturated rings. The Kier molecular flexibility index (Phi) is 4.46. The number of carbonyl (C=O) groups excluding carboxylic acids is 2. The van der Waals surface area contributed by atoms with E-state index in [2.05, 4.69) is 10.3 Å². The van der Waals surface area contributed by atoms with Gasteiger partial charge in [0.05, 0.1) is 29.9 Å². The van der Waals surface area contributed by atoms with Crippen LogP contribution in [0.5, 0.6) is 0 Å². The summed E-state index contributed by atoms with van der Waals surface area (Å²) in [4.78, 5) is 31.4. The van der Waals surface area contributed by atoms with E-state index in [1.807, 2.05) is 0 Å². The van der Waals surface area contributed by atoms with E-state index >= 15 is 0 Å². The smallest absolute Gasteiger partial charge is 0.289 e. The van der Waals surface area contributed by atoms with Crippen LogP contribution in [0.4, 0.5) is 5.69 Å². The number of carbonyl (C=O) groups is 2. The number of pyridine rings is 1. The molecule has 4 rings (SSSR count). The molecule has 7 heteroatoms. The molecule has 2 aromatic rings. The van der Waals surface area contributed by atoms with Gasteiger partial charge in [-0.2, -0.15) is 0 Å². The van der Waals surface area contributed by atoms with Gasteiger partial charge in [0.15, 0.2) is 5.76 Å². The Bertz CT molecular complexity index is 804. The number of nitrogens with one attached hydrogen (secondary N) is 1. The number of likely N-dealkylation sites (tertiary alicyclic amines) is 1. The molecule has 0 spiro atoms. The van der Waals surface area contributed by atoms with Crippen LogP contribution in [0.3, 0.4) is 0 Å². The standard InChI is InChI=1S/C19H21N3O4/c1-12-4-5-16(26-12)19(24)22-11-13(9-17-15(22)6-8-25-17)18(23)21-14-3-2-7-20-10-14/h2-5,7,10,13,15,17H,6,8-9,11H2,1H3,(H,21,23)/t13-,15-,17-/m0/s1. The van der Waals surface area contributed by atoms with E-state index in [9.17, 15) is 9.59 Å². The maximum absolute atomic E-state index is 12.9. The van der Waals surface area contributed by atoms with Crippen LogP contribution >= 0.6 is 0 Å². The number of rotatable bonds is 3. The molecule has 0 saturated carbocycles. The number of fused-ring (bicyclic) bond motifs is 1. The van der Waals surface area contributed by atoms with Gasteiger partial charge in [0.2, 0.25) is 5.91 Å². The number of anilines is 1. The molecule has 2 aliphatic rings. The van der Waals surface area contributed by atoms with Crippen molar-refractivity contribution >= 4 is 17.5 Å². The first-order valence-corrected chi connectivity index (χ1v) is 8.82. The first-order valence-electron chi connectivity index (χ1n) is 8.82. The molecule has 0 unspecified atom stereocenters. The Morgan fingerprint density at radius 3 is 2.92 bits per heavy atom. The number of hydrogen-bond acceptors (Lipinski definition) is 5. The topological polar surface area (TPSA) is 84.7 Å². The van der Waals surface area contributed by atoms with Crippen LogP contribution in [-0.2, 0) is 9.53 Å². The van der Waals surface area contributed by atoms with Gasteiger partial charge in [-0.05, 0) is 44.0 Å². The minimum absolute atomic E-state index is 0.00431. The third-order valence-electron chi connectivity index (χ3n) is 5.02. The summed E-state index contributed by atoms with van der Waals surface area (Å²) in [7, 11) is 0. The second-order valence-electron chi connectivity index (χ2n) is 6.80. The van der Waals surface area contributed by atoms with E-state index < -0.39 is 0 Å². The van der Waals surface area contributed by atoms with Crippen molar-refractivity contribution in [1.29, 1.82) is 0 Å². The monoisotopic (exact) mass is 355 g/mol. The zero-order valence-electron chi connectivity index (χ0n) is 14.6. The van der Waals surface area contributed by atoms with E-state index in [4.69, 9.17) is 9.15 Å². The summed E-state index contributed by atoms with van der Waals surface area (Å²) < 4.78 is 11.3. The average molecular weight is 355 g/mol. The second-order valence-corrected chi connectivity index (χ2v) is 6.80. The van der Waals surface area contributed by atoms with Gasteiger partial charge in [0.1, 0.15) is 5.76 Å². The van der Waals surface area contributed by atoms with Crippen molar-refractivity contribution in [2.45, 2.75) is 31.9 Å². The van der Waals surface area contributed by atoms with Gasteiger partial charge in [-0.25, -0.2) is 0 Å². The molecule has 0 aromatic carbocycles. The molecule has 0 aliphatic carbocycles. The number of hydrogen-bond donors (Lipinski definition) is 1. The number of ether oxygens (including phenoxy) is 1. The van der Waals surface area contributed by atoms with Crippen LogP contribution in [0.25, 0.3) is 0 Å². The minimum Gasteiger partial charge on any atom is -0.456 e. The molecule has 2 aromatic heterocycles. The van der Waals surface area contributed by atoms with Gasteiger partial charge in [-0.1, -0.05) is 0 Å². The van der Waals surface area contributed by atoms with Crippen molar-refractivity contribution in [2.75, 3.05) is 18.5 Å². The highest BCUT2D eigenvalue weighted by atomic mass is 16.5. The molecule has 2 amide bonds. The zero-order valence-corrected chi connectivity index (χ0v) is 14.6. The SMILES string of the molecule is Cc1ccc(C(=O)N2C[C@@H](C(=O)Nc3cccnc3)C[C@@H]3OCC[C@@H]32)o1. The predicted molar refractivity (Wildman–Crippen MR) is 93.6 cm³/mol. The van der Waals surface area contributed by atoms with Crippen LogP contribution in [-0.4, -0.2) is 47.0 Å². The molecule has 1 N–H and O–H groups in total. The molecule has 7 nitrogen and oxygen atoms in total. The predicted octanol–water partition coefficient (Wildman–Crippen LogP) is 2.24. The lowest BCUT2D eigenvalue weighted by Gasteiger charge is -2.39. The first-order chi connectivity index (χ1) is 12.6. The summed E-state index contributed by atoms with van der Waals surface area (Å²) in [5.41, 5.74) is 0.645. The van der Waals surface area contributed by atoms with E-state index in [1.165, 1.54) is 0 Å². The van der Waals surface area contributed by atoms with Crippen LogP contribution in [0.15, 0.2) is 41.1 Å². The molecule has 0 bridgehead atoms. The summed E-state index contributed by atoms with van der Waals surface area (Å²) in [5.74, 6) is 0.351. The number of nitrogens with zero attached hydrogens (tertiary/aromatic N) is 2. The molecule has 3 atom stereocenters. The van der Waals surface area contributed by atoms with Gasteiger partial charge in [0.25, 0.3) is 5.91 Å². The van der Waals surface area contributed by atoms with E-state index in [1.54, 1.807) is 48.5 Å². The van der Waals surface area contributed by atoms with Gasteiger partial charge in [-0.15, -0.1) is 0 Å². The fourth-order valence-electron chi connectivity index (χ4n) is 3.74. The average Bonchev–Trinajstić information content (AvgIpc) is 3.29. The lowest BCUT2D eigenvalue weighted by Crippen LogP contribution is -2.54. The minimum atomic E-state index is -0.338. The molecule has 2 saturated heterocycles. The van der Waals surface area contributed by atoms with Crippen molar-refractivity contribution in [2.24, 2.45) is 5.92 Å². The lowest BCUT2D eigenvalue weighted by molar-refractivity contribution is -0.123. The maximum Gasteiger partial charge on any atom is 0.289 e. The Balaban J connectivity index is 1.52. The van der Waals surface area contributed by atoms with Gasteiger partial charge in [-0.3, -0.25) is 14.6 Å². The highest BCUT2D eigenvalue weighted by Crippen LogP contribution is 2.33. The van der Waals surface area contributed by atoms with Crippen LogP contribution in [0.2, 0.25) is 0 Å². The summed E-state index contributed by atoms with van der Waals surface area (Å²) in [6.07, 6.45) is 4.53. The van der Waals surface area contributed by atoms with Crippen molar-refractivity contribution in [3.8, 4) is 0 Å². The Hall–Kier alpha value is -2.67. The van der Waals surface area contributed by atoms with E-state index in [0.29, 0.717) is 36.8 Å². The Labute approximate surface area is 151 Å². The normalized spacial score (nSPS) is 25.0. The quantitative estimate of drug-likeness (QED) is 0.913. The number of piperidine rings is 1. The number of amides is 2. The van der Waals surface area contributed by atoms with E-state index in [-0.39, 0.29) is 29.9 Å². The molecular weight excluding hydrogens is 334 g/mol. The highest BCUT2D eigenvalue weighted by molar-refractivity contribution is 5.95. The summed E-state index contributed by atoms with van der Waals surface area (Å²) in [5, 5.41) is 2.88. The largest absolute Gasteiger partial charge is 0.456 e. The molecule has 2 aliphatic heterocycles. The first kappa shape index (κ1) is 16.8. The maximum atomic E-state index is 12.9. The van der Waals surface area contributed by atoms with Crippen LogP contribution in [0.1, 0.15) is 29.2 Å². The number of aromatic nitrogens is 1. The van der Waals surface area contributed by atoms with Crippen LogP contribution in [0, 0.1) is 12.8 Å². The Morgan fingerprint density at radius 1 is 1.31 bits per heavy atom. The lowest BCUT2D eigenvalue weighted by atomic mass is 9.89. The molecule has 26 heavy (non-hydrogen) atoms. The van der Waals surface area contributed by atoms with Gasteiger partial charge in [0, 0.05) is 19.3 Å². The third-order valence-corrected chi connectivity index (χ3v) is 5.02. The molecule has 136 valence electrons. The summed E-state index contributed by atoms with van der Waals surface area (Å²) >= 11 is 0. The van der Waals surface area contributed by atoms with Crippen molar-refractivity contribution in [3.63, 3.8) is 0 Å². The van der Waals surface area contributed by atoms with Crippen molar-refractivity contribution in [3.05, 3.63) is 48.2 Å². The van der Waals surface area contributed by atoms with Gasteiger partial charge >= 0.3 is 0 Å². The van der Waals surface area contributed by atoms with Crippen LogP contribution < -0.4 is 5.32 Å². The molecule has 0 radical (unpaired) electrons. The van der Waals surface area contributed by atoms with Crippen molar-refractivity contribution in [1.82, 2.24) is 9.88 Å². The van der Waals surface area contributed by atoms with E-state index in [0.717, 1.165) is 6.42 Å². The molecular formula is C19H21N3O4. The second kappa shape index (κ2) is 6.92. The number of aryl methyl sites for hydroxylation is 1. The highest BCUT2D eigenvalue weighted by Gasteiger charge is 2.44.